The first-order chi connectivity index (χ1) is 14.0. The normalized spacial score (nSPS) is 11.9. The van der Waals surface area contributed by atoms with Crippen molar-refractivity contribution in [1.82, 2.24) is 9.88 Å². The smallest absolute Gasteiger partial charge is 0.241 e. The van der Waals surface area contributed by atoms with Gasteiger partial charge in [0.25, 0.3) is 0 Å². The van der Waals surface area contributed by atoms with Crippen molar-refractivity contribution in [2.75, 3.05) is 31.3 Å². The van der Waals surface area contributed by atoms with Crippen LogP contribution in [0.3, 0.4) is 0 Å². The van der Waals surface area contributed by atoms with E-state index in [0.717, 1.165) is 10.9 Å². The molecule has 0 bridgehead atoms. The molecule has 0 aliphatic carbocycles. The third kappa shape index (κ3) is 5.08. The van der Waals surface area contributed by atoms with Crippen LogP contribution < -0.4 is 15.4 Å². The number of hydrogen-bond acceptors (Lipinski definition) is 5. The monoisotopic (exact) mass is 392 g/mol. The molecule has 2 N–H and O–H groups in total. The number of carbonyl (C=O) groups excluding carboxylic acids is 2. The topological polar surface area (TPSA) is 83.6 Å². The third-order valence-corrected chi connectivity index (χ3v) is 4.71. The Hall–Kier alpha value is -3.45. The van der Waals surface area contributed by atoms with Crippen molar-refractivity contribution in [3.8, 4) is 5.75 Å². The first-order valence-corrected chi connectivity index (χ1v) is 9.26. The highest BCUT2D eigenvalue weighted by Crippen LogP contribution is 2.21. The number of aromatic nitrogens is 1. The van der Waals surface area contributed by atoms with E-state index in [4.69, 9.17) is 4.74 Å². The maximum Gasteiger partial charge on any atom is 0.241 e. The van der Waals surface area contributed by atoms with Gasteiger partial charge in [0.15, 0.2) is 0 Å². The minimum absolute atomic E-state index is 0.0811. The number of carbonyl (C=O) groups is 2. The number of methoxy groups -OCH3 is 1. The molecule has 3 rings (SSSR count). The fourth-order valence-corrected chi connectivity index (χ4v) is 2.89. The minimum atomic E-state index is -0.497. The molecule has 0 aliphatic heterocycles. The lowest BCUT2D eigenvalue weighted by Crippen LogP contribution is -2.43. The first-order valence-electron chi connectivity index (χ1n) is 9.26. The molecular formula is C22H24N4O3. The Morgan fingerprint density at radius 3 is 2.55 bits per heavy atom. The molecule has 1 atom stereocenters. The molecule has 3 aromatic rings. The predicted octanol–water partition coefficient (Wildman–Crippen LogP) is 3.14. The van der Waals surface area contributed by atoms with Crippen LogP contribution in [0, 0.1) is 0 Å². The minimum Gasteiger partial charge on any atom is -0.497 e. The van der Waals surface area contributed by atoms with Crippen molar-refractivity contribution in [2.24, 2.45) is 0 Å². The zero-order valence-corrected chi connectivity index (χ0v) is 16.7. The third-order valence-electron chi connectivity index (χ3n) is 4.71. The summed E-state index contributed by atoms with van der Waals surface area (Å²) in [5.41, 5.74) is 2.18. The second kappa shape index (κ2) is 9.16. The predicted molar refractivity (Wildman–Crippen MR) is 114 cm³/mol. The Kier molecular flexibility index (Phi) is 6.41. The van der Waals surface area contributed by atoms with Gasteiger partial charge in [-0.15, -0.1) is 0 Å². The standard InChI is InChI=1S/C22H24N4O3/c1-15(22(28)25-20-8-4-7-19-18(20)6-5-13-23-19)26(2)14-21(27)24-16-9-11-17(29-3)12-10-16/h4-13,15H,14H2,1-3H3,(H,24,27)(H,25,28). The largest absolute Gasteiger partial charge is 0.497 e. The number of ether oxygens (including phenoxy) is 1. The molecule has 2 aromatic carbocycles. The number of anilines is 2. The summed E-state index contributed by atoms with van der Waals surface area (Å²) >= 11 is 0. The molecule has 1 aromatic heterocycles. The van der Waals surface area contributed by atoms with Gasteiger partial charge in [0, 0.05) is 17.3 Å². The lowest BCUT2D eigenvalue weighted by atomic mass is 10.1. The highest BCUT2D eigenvalue weighted by Gasteiger charge is 2.21. The van der Waals surface area contributed by atoms with Crippen LogP contribution >= 0.6 is 0 Å². The maximum absolute atomic E-state index is 12.7. The van der Waals surface area contributed by atoms with E-state index in [-0.39, 0.29) is 18.4 Å². The van der Waals surface area contributed by atoms with E-state index in [1.165, 1.54) is 0 Å². The fraction of sp³-hybridized carbons (Fsp3) is 0.227. The summed E-state index contributed by atoms with van der Waals surface area (Å²) in [5, 5.41) is 6.62. The van der Waals surface area contributed by atoms with Crippen molar-refractivity contribution in [2.45, 2.75) is 13.0 Å². The van der Waals surface area contributed by atoms with Crippen molar-refractivity contribution in [3.63, 3.8) is 0 Å². The van der Waals surface area contributed by atoms with Crippen LogP contribution in [-0.2, 0) is 9.59 Å². The number of benzene rings is 2. The van der Waals surface area contributed by atoms with E-state index in [2.05, 4.69) is 15.6 Å². The van der Waals surface area contributed by atoms with Gasteiger partial charge in [0.1, 0.15) is 5.75 Å². The number of likely N-dealkylation sites (N-methyl/N-ethyl adjacent to an activating group) is 1. The molecular weight excluding hydrogens is 368 g/mol. The summed E-state index contributed by atoms with van der Waals surface area (Å²) in [6, 6.07) is 15.9. The lowest BCUT2D eigenvalue weighted by Gasteiger charge is -2.23. The number of fused-ring (bicyclic) bond motifs is 1. The Morgan fingerprint density at radius 1 is 1.07 bits per heavy atom. The SMILES string of the molecule is COc1ccc(NC(=O)CN(C)C(C)C(=O)Nc2cccc3ncccc23)cc1. The molecule has 0 spiro atoms. The number of rotatable bonds is 7. The van der Waals surface area contributed by atoms with Gasteiger partial charge in [-0.3, -0.25) is 19.5 Å². The second-order valence-corrected chi connectivity index (χ2v) is 6.73. The van der Waals surface area contributed by atoms with Crippen LogP contribution in [0.4, 0.5) is 11.4 Å². The summed E-state index contributed by atoms with van der Waals surface area (Å²) in [5.74, 6) is 0.321. The number of amides is 2. The Morgan fingerprint density at radius 2 is 1.83 bits per heavy atom. The average molecular weight is 392 g/mol. The fourth-order valence-electron chi connectivity index (χ4n) is 2.89. The zero-order chi connectivity index (χ0) is 20.8. The van der Waals surface area contributed by atoms with Crippen LogP contribution in [0.2, 0.25) is 0 Å². The Balaban J connectivity index is 1.59. The number of hydrogen-bond donors (Lipinski definition) is 2. The molecule has 7 nitrogen and oxygen atoms in total. The molecule has 7 heteroatoms. The molecule has 1 unspecified atom stereocenters. The van der Waals surface area contributed by atoms with E-state index in [9.17, 15) is 9.59 Å². The van der Waals surface area contributed by atoms with Gasteiger partial charge in [0.05, 0.1) is 30.9 Å². The van der Waals surface area contributed by atoms with Crippen LogP contribution in [0.5, 0.6) is 5.75 Å². The van der Waals surface area contributed by atoms with E-state index in [1.54, 1.807) is 56.4 Å². The summed E-state index contributed by atoms with van der Waals surface area (Å²) in [7, 11) is 3.33. The van der Waals surface area contributed by atoms with Crippen molar-refractivity contribution in [3.05, 3.63) is 60.8 Å². The molecule has 0 fully saturated rings. The molecule has 0 aliphatic rings. The number of nitrogens with one attached hydrogen (secondary N) is 2. The zero-order valence-electron chi connectivity index (χ0n) is 16.7. The van der Waals surface area contributed by atoms with E-state index >= 15 is 0 Å². The molecule has 0 radical (unpaired) electrons. The molecule has 0 saturated carbocycles. The highest BCUT2D eigenvalue weighted by atomic mass is 16.5. The summed E-state index contributed by atoms with van der Waals surface area (Å²) in [6.45, 7) is 1.84. The number of pyridine rings is 1. The van der Waals surface area contributed by atoms with Crippen molar-refractivity contribution in [1.29, 1.82) is 0 Å². The van der Waals surface area contributed by atoms with Gasteiger partial charge >= 0.3 is 0 Å². The van der Waals surface area contributed by atoms with E-state index in [1.807, 2.05) is 30.3 Å². The lowest BCUT2D eigenvalue weighted by molar-refractivity contribution is -0.122. The molecule has 150 valence electrons. The second-order valence-electron chi connectivity index (χ2n) is 6.73. The molecule has 29 heavy (non-hydrogen) atoms. The van der Waals surface area contributed by atoms with Gasteiger partial charge in [-0.05, 0) is 62.5 Å². The highest BCUT2D eigenvalue weighted by molar-refractivity contribution is 6.03. The molecule has 1 heterocycles. The first kappa shape index (κ1) is 20.3. The van der Waals surface area contributed by atoms with Crippen LogP contribution in [0.1, 0.15) is 6.92 Å². The Labute approximate surface area is 169 Å². The van der Waals surface area contributed by atoms with Crippen molar-refractivity contribution >= 4 is 34.1 Å². The van der Waals surface area contributed by atoms with Gasteiger partial charge in [-0.25, -0.2) is 0 Å². The van der Waals surface area contributed by atoms with Crippen LogP contribution in [0.15, 0.2) is 60.8 Å². The Bertz CT molecular complexity index is 999. The maximum atomic E-state index is 12.7. The van der Waals surface area contributed by atoms with E-state index in [0.29, 0.717) is 17.1 Å². The van der Waals surface area contributed by atoms with E-state index < -0.39 is 6.04 Å². The quantitative estimate of drug-likeness (QED) is 0.645. The van der Waals surface area contributed by atoms with Crippen LogP contribution in [0.25, 0.3) is 10.9 Å². The summed E-state index contributed by atoms with van der Waals surface area (Å²) in [4.78, 5) is 31.0. The van der Waals surface area contributed by atoms with Crippen LogP contribution in [-0.4, -0.2) is 48.4 Å². The van der Waals surface area contributed by atoms with Gasteiger partial charge < -0.3 is 15.4 Å². The average Bonchev–Trinajstić information content (AvgIpc) is 2.73. The summed E-state index contributed by atoms with van der Waals surface area (Å²) in [6.07, 6.45) is 1.71. The number of nitrogens with zero attached hydrogens (tertiary/aromatic N) is 2. The van der Waals surface area contributed by atoms with Gasteiger partial charge in [0.2, 0.25) is 11.8 Å². The molecule has 2 amide bonds. The summed E-state index contributed by atoms with van der Waals surface area (Å²) < 4.78 is 5.10. The van der Waals surface area contributed by atoms with Gasteiger partial charge in [-0.2, -0.15) is 0 Å². The molecule has 0 saturated heterocycles. The van der Waals surface area contributed by atoms with Gasteiger partial charge in [-0.1, -0.05) is 6.07 Å². The van der Waals surface area contributed by atoms with Crippen molar-refractivity contribution < 1.29 is 14.3 Å².